The van der Waals surface area contributed by atoms with Crippen LogP contribution >= 0.6 is 0 Å². The molecule has 16 heavy (non-hydrogen) atoms. The van der Waals surface area contributed by atoms with Crippen LogP contribution in [-0.2, 0) is 6.42 Å². The van der Waals surface area contributed by atoms with Gasteiger partial charge < -0.3 is 5.32 Å². The van der Waals surface area contributed by atoms with Crippen LogP contribution in [0.5, 0.6) is 0 Å². The molecule has 0 amide bonds. The summed E-state index contributed by atoms with van der Waals surface area (Å²) in [6.45, 7) is 1.08. The average molecular weight is 213 g/mol. The highest BCUT2D eigenvalue weighted by molar-refractivity contribution is 5.34. The van der Waals surface area contributed by atoms with Gasteiger partial charge in [0.25, 0.3) is 0 Å². The molecule has 1 N–H and O–H groups in total. The Morgan fingerprint density at radius 1 is 1.31 bits per heavy atom. The van der Waals surface area contributed by atoms with E-state index in [0.717, 1.165) is 19.4 Å². The van der Waals surface area contributed by atoms with Crippen molar-refractivity contribution in [3.8, 4) is 12.3 Å². The molecule has 0 aromatic heterocycles. The molecule has 1 aliphatic rings. The Morgan fingerprint density at radius 2 is 2.19 bits per heavy atom. The Labute approximate surface area is 98.3 Å². The third-order valence-corrected chi connectivity index (χ3v) is 3.27. The first-order valence-electron chi connectivity index (χ1n) is 6.16. The number of hydrogen-bond donors (Lipinski definition) is 1. The Kier molecular flexibility index (Phi) is 4.02. The van der Waals surface area contributed by atoms with Crippen LogP contribution in [0.25, 0.3) is 0 Å². The monoisotopic (exact) mass is 213 g/mol. The Balaban J connectivity index is 1.78. The lowest BCUT2D eigenvalue weighted by atomic mass is 10.1. The van der Waals surface area contributed by atoms with Crippen molar-refractivity contribution in [2.75, 3.05) is 6.54 Å². The molecule has 0 aliphatic heterocycles. The summed E-state index contributed by atoms with van der Waals surface area (Å²) in [5.41, 5.74) is 3.02. The largest absolute Gasteiger partial charge is 0.310 e. The minimum Gasteiger partial charge on any atom is -0.310 e. The maximum Gasteiger partial charge on any atom is 0.0326 e. The summed E-state index contributed by atoms with van der Waals surface area (Å²) in [7, 11) is 0. The summed E-state index contributed by atoms with van der Waals surface area (Å²) >= 11 is 0. The topological polar surface area (TPSA) is 12.0 Å². The zero-order chi connectivity index (χ0) is 11.2. The van der Waals surface area contributed by atoms with Crippen LogP contribution in [0.15, 0.2) is 24.3 Å². The Morgan fingerprint density at radius 3 is 3.06 bits per heavy atom. The van der Waals surface area contributed by atoms with E-state index in [1.54, 1.807) is 0 Å². The fraction of sp³-hybridized carbons (Fsp3) is 0.467. The molecule has 0 saturated heterocycles. The fourth-order valence-electron chi connectivity index (χ4n) is 2.40. The van der Waals surface area contributed by atoms with E-state index in [1.807, 2.05) is 0 Å². The number of unbranched alkanes of at least 4 members (excludes halogenated alkanes) is 2. The lowest BCUT2D eigenvalue weighted by Crippen LogP contribution is -2.20. The van der Waals surface area contributed by atoms with Gasteiger partial charge in [0.05, 0.1) is 0 Å². The number of fused-ring (bicyclic) bond motifs is 1. The van der Waals surface area contributed by atoms with Crippen molar-refractivity contribution in [2.45, 2.75) is 38.1 Å². The van der Waals surface area contributed by atoms with Gasteiger partial charge in [0.15, 0.2) is 0 Å². The van der Waals surface area contributed by atoms with Crippen molar-refractivity contribution < 1.29 is 0 Å². The molecule has 1 unspecified atom stereocenters. The quantitative estimate of drug-likeness (QED) is 0.585. The Hall–Kier alpha value is -1.26. The van der Waals surface area contributed by atoms with Crippen molar-refractivity contribution in [1.29, 1.82) is 0 Å². The molecular weight excluding hydrogens is 194 g/mol. The molecule has 0 heterocycles. The van der Waals surface area contributed by atoms with Gasteiger partial charge in [-0.2, -0.15) is 0 Å². The van der Waals surface area contributed by atoms with Gasteiger partial charge in [-0.25, -0.2) is 0 Å². The van der Waals surface area contributed by atoms with Crippen LogP contribution in [0.3, 0.4) is 0 Å². The van der Waals surface area contributed by atoms with E-state index in [1.165, 1.54) is 30.4 Å². The van der Waals surface area contributed by atoms with Crippen molar-refractivity contribution in [3.05, 3.63) is 35.4 Å². The van der Waals surface area contributed by atoms with Gasteiger partial charge in [0, 0.05) is 12.5 Å². The third kappa shape index (κ3) is 2.65. The number of benzene rings is 1. The van der Waals surface area contributed by atoms with Crippen molar-refractivity contribution in [1.82, 2.24) is 5.32 Å². The molecule has 2 rings (SSSR count). The molecular formula is C15H19N. The van der Waals surface area contributed by atoms with Crippen LogP contribution in [0.4, 0.5) is 0 Å². The number of nitrogens with one attached hydrogen (secondary N) is 1. The van der Waals surface area contributed by atoms with Gasteiger partial charge in [0.1, 0.15) is 0 Å². The first-order valence-corrected chi connectivity index (χ1v) is 6.16. The maximum atomic E-state index is 5.23. The number of terminal acetylenes is 1. The van der Waals surface area contributed by atoms with Gasteiger partial charge in [-0.3, -0.25) is 0 Å². The predicted octanol–water partition coefficient (Wildman–Crippen LogP) is 3.07. The maximum absolute atomic E-state index is 5.23. The fourth-order valence-corrected chi connectivity index (χ4v) is 2.40. The second kappa shape index (κ2) is 5.72. The van der Waals surface area contributed by atoms with E-state index >= 15 is 0 Å². The van der Waals surface area contributed by atoms with Gasteiger partial charge in [-0.15, -0.1) is 12.3 Å². The first kappa shape index (κ1) is 11.2. The summed E-state index contributed by atoms with van der Waals surface area (Å²) < 4.78 is 0. The van der Waals surface area contributed by atoms with E-state index in [-0.39, 0.29) is 0 Å². The molecule has 0 bridgehead atoms. The van der Waals surface area contributed by atoms with E-state index < -0.39 is 0 Å². The summed E-state index contributed by atoms with van der Waals surface area (Å²) in [5, 5.41) is 3.63. The summed E-state index contributed by atoms with van der Waals surface area (Å²) in [5.74, 6) is 2.68. The van der Waals surface area contributed by atoms with Crippen molar-refractivity contribution in [3.63, 3.8) is 0 Å². The second-order valence-electron chi connectivity index (χ2n) is 4.41. The molecule has 0 radical (unpaired) electrons. The van der Waals surface area contributed by atoms with Gasteiger partial charge in [-0.1, -0.05) is 24.3 Å². The van der Waals surface area contributed by atoms with Crippen LogP contribution in [0, 0.1) is 12.3 Å². The summed E-state index contributed by atoms with van der Waals surface area (Å²) in [6.07, 6.45) is 10.9. The highest BCUT2D eigenvalue weighted by Crippen LogP contribution is 2.30. The minimum atomic E-state index is 0.571. The lowest BCUT2D eigenvalue weighted by Gasteiger charge is -2.13. The van der Waals surface area contributed by atoms with E-state index in [4.69, 9.17) is 6.42 Å². The Bertz CT molecular complexity index is 375. The normalized spacial score (nSPS) is 18.1. The zero-order valence-electron chi connectivity index (χ0n) is 9.71. The van der Waals surface area contributed by atoms with Crippen LogP contribution in [-0.4, -0.2) is 6.54 Å². The highest BCUT2D eigenvalue weighted by Gasteiger charge is 2.20. The standard InChI is InChI=1S/C15H19N/c1-2-3-4-7-12-16-15-11-10-13-8-5-6-9-14(13)15/h1,5-6,8-9,15-16H,3-4,7,10-12H2. The van der Waals surface area contributed by atoms with E-state index in [9.17, 15) is 0 Å². The predicted molar refractivity (Wildman–Crippen MR) is 68.2 cm³/mol. The van der Waals surface area contributed by atoms with Crippen LogP contribution in [0.2, 0.25) is 0 Å². The molecule has 0 saturated carbocycles. The average Bonchev–Trinajstić information content (AvgIpc) is 2.73. The first-order chi connectivity index (χ1) is 7.92. The minimum absolute atomic E-state index is 0.571. The molecule has 1 aliphatic carbocycles. The number of rotatable bonds is 5. The molecule has 84 valence electrons. The molecule has 1 nitrogen and oxygen atoms in total. The number of hydrogen-bond acceptors (Lipinski definition) is 1. The second-order valence-corrected chi connectivity index (χ2v) is 4.41. The van der Waals surface area contributed by atoms with Gasteiger partial charge in [-0.05, 0) is 43.4 Å². The molecule has 1 atom stereocenters. The van der Waals surface area contributed by atoms with Crippen LogP contribution in [0.1, 0.15) is 42.9 Å². The smallest absolute Gasteiger partial charge is 0.0326 e. The molecule has 1 aromatic carbocycles. The van der Waals surface area contributed by atoms with Crippen molar-refractivity contribution >= 4 is 0 Å². The number of aryl methyl sites for hydroxylation is 1. The molecule has 0 spiro atoms. The van der Waals surface area contributed by atoms with Gasteiger partial charge in [0.2, 0.25) is 0 Å². The summed E-state index contributed by atoms with van der Waals surface area (Å²) in [4.78, 5) is 0. The third-order valence-electron chi connectivity index (χ3n) is 3.27. The SMILES string of the molecule is C#CCCCCNC1CCc2ccccc21. The lowest BCUT2D eigenvalue weighted by molar-refractivity contribution is 0.514. The highest BCUT2D eigenvalue weighted by atomic mass is 14.9. The van der Waals surface area contributed by atoms with E-state index in [0.29, 0.717) is 6.04 Å². The molecule has 1 aromatic rings. The van der Waals surface area contributed by atoms with Gasteiger partial charge >= 0.3 is 0 Å². The zero-order valence-corrected chi connectivity index (χ0v) is 9.71. The molecule has 0 fully saturated rings. The van der Waals surface area contributed by atoms with E-state index in [2.05, 4.69) is 35.5 Å². The summed E-state index contributed by atoms with van der Waals surface area (Å²) in [6, 6.07) is 9.34. The molecule has 1 heteroatoms. The van der Waals surface area contributed by atoms with Crippen molar-refractivity contribution in [2.24, 2.45) is 0 Å². The van der Waals surface area contributed by atoms with Crippen LogP contribution < -0.4 is 5.32 Å².